The van der Waals surface area contributed by atoms with Gasteiger partial charge in [-0.15, -0.1) is 0 Å². The molecule has 1 N–H and O–H groups in total. The maximum Gasteiger partial charge on any atom is 0.246 e. The molecular formula is C20H24N6O. The van der Waals surface area contributed by atoms with Gasteiger partial charge in [-0.25, -0.2) is 9.99 Å². The predicted molar refractivity (Wildman–Crippen MR) is 106 cm³/mol. The second-order valence-electron chi connectivity index (χ2n) is 6.90. The quantitative estimate of drug-likeness (QED) is 0.903. The molecule has 2 aliphatic rings. The zero-order valence-electron chi connectivity index (χ0n) is 15.5. The van der Waals surface area contributed by atoms with Crippen molar-refractivity contribution < 1.29 is 4.79 Å². The molecule has 1 amide bonds. The van der Waals surface area contributed by atoms with Gasteiger partial charge in [0, 0.05) is 44.9 Å². The molecule has 0 radical (unpaired) electrons. The molecule has 0 unspecified atom stereocenters. The van der Waals surface area contributed by atoms with Gasteiger partial charge in [0.05, 0.1) is 6.04 Å². The average Bonchev–Trinajstić information content (AvgIpc) is 3.24. The van der Waals surface area contributed by atoms with E-state index in [-0.39, 0.29) is 17.9 Å². The lowest BCUT2D eigenvalue weighted by Crippen LogP contribution is -2.41. The van der Waals surface area contributed by atoms with E-state index in [0.29, 0.717) is 5.95 Å². The molecule has 1 aromatic carbocycles. The van der Waals surface area contributed by atoms with Crippen LogP contribution in [-0.2, 0) is 4.79 Å². The van der Waals surface area contributed by atoms with Gasteiger partial charge in [-0.1, -0.05) is 30.3 Å². The minimum Gasteiger partial charge on any atom is -0.373 e. The van der Waals surface area contributed by atoms with E-state index in [9.17, 15) is 4.79 Å². The molecule has 3 heterocycles. The highest BCUT2D eigenvalue weighted by Crippen LogP contribution is 2.32. The molecule has 0 saturated carbocycles. The van der Waals surface area contributed by atoms with E-state index in [1.54, 1.807) is 11.2 Å². The fourth-order valence-electron chi connectivity index (χ4n) is 3.73. The second kappa shape index (κ2) is 7.73. The van der Waals surface area contributed by atoms with Gasteiger partial charge in [0.15, 0.2) is 0 Å². The van der Waals surface area contributed by atoms with Gasteiger partial charge in [0.1, 0.15) is 5.82 Å². The van der Waals surface area contributed by atoms with E-state index in [1.807, 2.05) is 37.5 Å². The molecule has 7 heteroatoms. The van der Waals surface area contributed by atoms with Crippen LogP contribution in [0.5, 0.6) is 0 Å². The van der Waals surface area contributed by atoms with Crippen LogP contribution in [0.15, 0.2) is 47.7 Å². The van der Waals surface area contributed by atoms with Crippen LogP contribution in [0.4, 0.5) is 11.8 Å². The van der Waals surface area contributed by atoms with Gasteiger partial charge >= 0.3 is 0 Å². The van der Waals surface area contributed by atoms with Crippen LogP contribution in [0.25, 0.3) is 0 Å². The first-order valence-electron chi connectivity index (χ1n) is 9.42. The molecule has 2 aliphatic heterocycles. The van der Waals surface area contributed by atoms with E-state index in [2.05, 4.69) is 37.4 Å². The van der Waals surface area contributed by atoms with Crippen LogP contribution in [0.3, 0.4) is 0 Å². The molecule has 27 heavy (non-hydrogen) atoms. The fourth-order valence-corrected chi connectivity index (χ4v) is 3.73. The van der Waals surface area contributed by atoms with E-state index < -0.39 is 0 Å². The molecule has 1 fully saturated rings. The Hall–Kier alpha value is -2.96. The Balaban J connectivity index is 1.40. The topological polar surface area (TPSA) is 73.7 Å². The molecular weight excluding hydrogens is 340 g/mol. The molecule has 2 aromatic rings. The number of amides is 1. The van der Waals surface area contributed by atoms with Crippen LogP contribution in [-0.4, -0.2) is 47.2 Å². The van der Waals surface area contributed by atoms with Crippen molar-refractivity contribution in [1.82, 2.24) is 15.0 Å². The van der Waals surface area contributed by atoms with Crippen LogP contribution in [0.1, 0.15) is 30.9 Å². The Morgan fingerprint density at radius 1 is 1.15 bits per heavy atom. The Morgan fingerprint density at radius 2 is 1.93 bits per heavy atom. The monoisotopic (exact) mass is 364 g/mol. The lowest BCUT2D eigenvalue weighted by Gasteiger charge is -2.33. The van der Waals surface area contributed by atoms with Crippen molar-refractivity contribution in [2.75, 3.05) is 30.4 Å². The summed E-state index contributed by atoms with van der Waals surface area (Å²) in [4.78, 5) is 24.1. The Labute approximate surface area is 159 Å². The SMILES string of the molecule is CNc1ccnc(N2CCC(C(=O)N3N=CC[C@H]3c3ccccc3)CC2)n1. The Morgan fingerprint density at radius 3 is 2.67 bits per heavy atom. The fraction of sp³-hybridized carbons (Fsp3) is 0.400. The normalized spacial score (nSPS) is 20.1. The van der Waals surface area contributed by atoms with Crippen LogP contribution in [0.2, 0.25) is 0 Å². The average molecular weight is 364 g/mol. The van der Waals surface area contributed by atoms with Crippen molar-refractivity contribution in [3.8, 4) is 0 Å². The summed E-state index contributed by atoms with van der Waals surface area (Å²) >= 11 is 0. The largest absolute Gasteiger partial charge is 0.373 e. The van der Waals surface area contributed by atoms with Gasteiger partial charge in [0.2, 0.25) is 11.9 Å². The van der Waals surface area contributed by atoms with Crippen LogP contribution in [0, 0.1) is 5.92 Å². The number of aromatic nitrogens is 2. The smallest absolute Gasteiger partial charge is 0.246 e. The third kappa shape index (κ3) is 3.63. The first-order valence-corrected chi connectivity index (χ1v) is 9.42. The van der Waals surface area contributed by atoms with Gasteiger partial charge in [-0.2, -0.15) is 10.1 Å². The number of carbonyl (C=O) groups excluding carboxylic acids is 1. The zero-order valence-corrected chi connectivity index (χ0v) is 15.5. The lowest BCUT2D eigenvalue weighted by atomic mass is 9.94. The van der Waals surface area contributed by atoms with Crippen molar-refractivity contribution in [2.45, 2.75) is 25.3 Å². The summed E-state index contributed by atoms with van der Waals surface area (Å²) in [6.45, 7) is 1.55. The summed E-state index contributed by atoms with van der Waals surface area (Å²) < 4.78 is 0. The summed E-state index contributed by atoms with van der Waals surface area (Å²) in [5, 5.41) is 9.11. The molecule has 1 aromatic heterocycles. The number of rotatable bonds is 4. The predicted octanol–water partition coefficient (Wildman–Crippen LogP) is 2.69. The molecule has 1 atom stereocenters. The molecule has 140 valence electrons. The Kier molecular flexibility index (Phi) is 5.00. The van der Waals surface area contributed by atoms with Crippen molar-refractivity contribution in [1.29, 1.82) is 0 Å². The first-order chi connectivity index (χ1) is 13.3. The lowest BCUT2D eigenvalue weighted by molar-refractivity contribution is -0.138. The maximum atomic E-state index is 13.1. The third-order valence-electron chi connectivity index (χ3n) is 5.27. The van der Waals surface area contributed by atoms with Gasteiger partial charge in [-0.3, -0.25) is 4.79 Å². The number of hydrogen-bond acceptors (Lipinski definition) is 6. The molecule has 0 aliphatic carbocycles. The van der Waals surface area contributed by atoms with Gasteiger partial charge in [-0.05, 0) is 24.5 Å². The van der Waals surface area contributed by atoms with E-state index >= 15 is 0 Å². The highest BCUT2D eigenvalue weighted by Gasteiger charge is 2.35. The van der Waals surface area contributed by atoms with E-state index in [1.165, 1.54) is 0 Å². The molecule has 7 nitrogen and oxygen atoms in total. The summed E-state index contributed by atoms with van der Waals surface area (Å²) in [6.07, 6.45) is 5.97. The number of hydrogen-bond donors (Lipinski definition) is 1. The molecule has 1 saturated heterocycles. The summed E-state index contributed by atoms with van der Waals surface area (Å²) in [7, 11) is 1.84. The van der Waals surface area contributed by atoms with Gasteiger partial charge in [0.25, 0.3) is 0 Å². The number of anilines is 2. The number of piperidine rings is 1. The summed E-state index contributed by atoms with van der Waals surface area (Å²) in [6, 6.07) is 12.0. The standard InChI is InChI=1S/C20H24N6O/c1-21-18-8-11-22-20(24-18)25-13-9-16(10-14-25)19(27)26-17(7-12-23-26)15-5-3-2-4-6-15/h2-6,8,11-12,16-17H,7,9-10,13-14H2,1H3,(H,21,22,24)/t17-/m0/s1. The zero-order chi connectivity index (χ0) is 18.6. The second-order valence-corrected chi connectivity index (χ2v) is 6.90. The van der Waals surface area contributed by atoms with Crippen molar-refractivity contribution >= 4 is 23.9 Å². The molecule has 4 rings (SSSR count). The van der Waals surface area contributed by atoms with Crippen LogP contribution < -0.4 is 10.2 Å². The maximum absolute atomic E-state index is 13.1. The minimum atomic E-state index is -0.00445. The van der Waals surface area contributed by atoms with Gasteiger partial charge < -0.3 is 10.2 Å². The number of nitrogens with one attached hydrogen (secondary N) is 1. The van der Waals surface area contributed by atoms with Crippen molar-refractivity contribution in [3.05, 3.63) is 48.2 Å². The highest BCUT2D eigenvalue weighted by atomic mass is 16.2. The Bertz CT molecular complexity index is 816. The van der Waals surface area contributed by atoms with E-state index in [0.717, 1.165) is 43.7 Å². The number of benzene rings is 1. The molecule has 0 bridgehead atoms. The van der Waals surface area contributed by atoms with Crippen LogP contribution >= 0.6 is 0 Å². The first kappa shape index (κ1) is 17.5. The van der Waals surface area contributed by atoms with Crippen molar-refractivity contribution in [3.63, 3.8) is 0 Å². The van der Waals surface area contributed by atoms with E-state index in [4.69, 9.17) is 0 Å². The highest BCUT2D eigenvalue weighted by molar-refractivity contribution is 5.82. The number of nitrogens with zero attached hydrogens (tertiary/aromatic N) is 5. The molecule has 0 spiro atoms. The number of hydrazone groups is 1. The third-order valence-corrected chi connectivity index (χ3v) is 5.27. The minimum absolute atomic E-state index is 0.00445. The summed E-state index contributed by atoms with van der Waals surface area (Å²) in [5.74, 6) is 1.64. The van der Waals surface area contributed by atoms with Crippen molar-refractivity contribution in [2.24, 2.45) is 11.0 Å². The number of carbonyl (C=O) groups is 1. The summed E-state index contributed by atoms with van der Waals surface area (Å²) in [5.41, 5.74) is 1.14.